The van der Waals surface area contributed by atoms with Crippen molar-refractivity contribution in [3.8, 4) is 17.0 Å². The number of benzene rings is 2. The van der Waals surface area contributed by atoms with Crippen molar-refractivity contribution in [1.29, 1.82) is 0 Å². The minimum Gasteiger partial charge on any atom is -0.494 e. The Morgan fingerprint density at radius 2 is 1.97 bits per heavy atom. The van der Waals surface area contributed by atoms with Crippen LogP contribution in [0.4, 0.5) is 11.4 Å². The summed E-state index contributed by atoms with van der Waals surface area (Å²) in [6.45, 7) is 4.16. The fraction of sp³-hybridized carbons (Fsp3) is 0.136. The van der Waals surface area contributed by atoms with E-state index >= 15 is 0 Å². The van der Waals surface area contributed by atoms with Gasteiger partial charge in [0.15, 0.2) is 5.65 Å². The van der Waals surface area contributed by atoms with Gasteiger partial charge in [0.05, 0.1) is 29.5 Å². The fourth-order valence-corrected chi connectivity index (χ4v) is 3.21. The highest BCUT2D eigenvalue weighted by atomic mass is 16.6. The number of ether oxygens (including phenoxy) is 1. The molecule has 1 amide bonds. The minimum atomic E-state index is -0.567. The molecule has 156 valence electrons. The predicted molar refractivity (Wildman–Crippen MR) is 115 cm³/mol. The number of hydrogen-bond acceptors (Lipinski definition) is 6. The number of aromatic nitrogens is 3. The number of amides is 1. The van der Waals surface area contributed by atoms with Crippen LogP contribution in [-0.2, 0) is 0 Å². The van der Waals surface area contributed by atoms with Gasteiger partial charge in [-0.3, -0.25) is 14.9 Å². The lowest BCUT2D eigenvalue weighted by atomic mass is 10.1. The number of fused-ring (bicyclic) bond motifs is 1. The molecule has 0 aliphatic heterocycles. The number of carbonyl (C=O) groups is 1. The number of anilines is 1. The number of nitrogens with one attached hydrogen (secondary N) is 1. The lowest BCUT2D eigenvalue weighted by Crippen LogP contribution is -2.13. The summed E-state index contributed by atoms with van der Waals surface area (Å²) in [4.78, 5) is 28.1. The van der Waals surface area contributed by atoms with Crippen molar-refractivity contribution in [2.45, 2.75) is 13.8 Å². The van der Waals surface area contributed by atoms with E-state index in [1.807, 2.05) is 37.3 Å². The molecular weight excluding hydrogens is 398 g/mol. The van der Waals surface area contributed by atoms with Crippen LogP contribution in [0.15, 0.2) is 60.9 Å². The van der Waals surface area contributed by atoms with Gasteiger partial charge in [0, 0.05) is 11.8 Å². The van der Waals surface area contributed by atoms with Crippen molar-refractivity contribution in [3.05, 3.63) is 82.2 Å². The lowest BCUT2D eigenvalue weighted by Gasteiger charge is -2.08. The van der Waals surface area contributed by atoms with Gasteiger partial charge in [-0.05, 0) is 32.0 Å². The van der Waals surface area contributed by atoms with E-state index < -0.39 is 10.8 Å². The van der Waals surface area contributed by atoms with E-state index in [9.17, 15) is 14.9 Å². The second-order valence-corrected chi connectivity index (χ2v) is 6.81. The molecule has 0 saturated heterocycles. The summed E-state index contributed by atoms with van der Waals surface area (Å²) in [6, 6.07) is 14.0. The molecule has 2 aromatic heterocycles. The molecule has 9 nitrogen and oxygen atoms in total. The smallest absolute Gasteiger partial charge is 0.296 e. The third kappa shape index (κ3) is 3.93. The number of nitrogens with zero attached hydrogens (tertiary/aromatic N) is 4. The SMILES string of the molecule is CCOc1ccc(NC(=O)c2cnn3c(-c4ccc(C)cc4)ccnc23)c([N+](=O)[O-])c1. The van der Waals surface area contributed by atoms with Crippen molar-refractivity contribution in [3.63, 3.8) is 0 Å². The zero-order valence-corrected chi connectivity index (χ0v) is 16.9. The van der Waals surface area contributed by atoms with Crippen molar-refractivity contribution in [2.75, 3.05) is 11.9 Å². The van der Waals surface area contributed by atoms with E-state index in [1.54, 1.807) is 23.7 Å². The molecule has 0 atom stereocenters. The number of nitro benzene ring substituents is 1. The largest absolute Gasteiger partial charge is 0.494 e. The van der Waals surface area contributed by atoms with E-state index in [2.05, 4.69) is 15.4 Å². The van der Waals surface area contributed by atoms with Gasteiger partial charge >= 0.3 is 0 Å². The van der Waals surface area contributed by atoms with Crippen molar-refractivity contribution in [1.82, 2.24) is 14.6 Å². The normalized spacial score (nSPS) is 10.8. The summed E-state index contributed by atoms with van der Waals surface area (Å²) in [6.07, 6.45) is 3.00. The van der Waals surface area contributed by atoms with Crippen molar-refractivity contribution >= 4 is 22.9 Å². The maximum absolute atomic E-state index is 12.9. The second-order valence-electron chi connectivity index (χ2n) is 6.81. The topological polar surface area (TPSA) is 112 Å². The Hall–Kier alpha value is -4.27. The monoisotopic (exact) mass is 417 g/mol. The summed E-state index contributed by atoms with van der Waals surface area (Å²) in [5.74, 6) is -0.191. The maximum Gasteiger partial charge on any atom is 0.296 e. The molecule has 0 bridgehead atoms. The van der Waals surface area contributed by atoms with E-state index in [-0.39, 0.29) is 16.9 Å². The maximum atomic E-state index is 12.9. The van der Waals surface area contributed by atoms with E-state index in [0.717, 1.165) is 16.8 Å². The summed E-state index contributed by atoms with van der Waals surface area (Å²) in [5.41, 5.74) is 3.19. The number of carbonyl (C=O) groups excluding carboxylic acids is 1. The number of nitro groups is 1. The Balaban J connectivity index is 1.69. The Bertz CT molecular complexity index is 1280. The zero-order chi connectivity index (χ0) is 22.0. The summed E-state index contributed by atoms with van der Waals surface area (Å²) in [5, 5.41) is 18.4. The molecule has 0 spiro atoms. The highest BCUT2D eigenvalue weighted by Crippen LogP contribution is 2.30. The van der Waals surface area contributed by atoms with Crippen LogP contribution in [0.25, 0.3) is 16.9 Å². The first-order valence-corrected chi connectivity index (χ1v) is 9.60. The van der Waals surface area contributed by atoms with Gasteiger partial charge in [0.25, 0.3) is 11.6 Å². The van der Waals surface area contributed by atoms with Crippen LogP contribution >= 0.6 is 0 Å². The fourth-order valence-electron chi connectivity index (χ4n) is 3.21. The second kappa shape index (κ2) is 8.23. The van der Waals surface area contributed by atoms with Gasteiger partial charge < -0.3 is 10.1 Å². The van der Waals surface area contributed by atoms with Crippen LogP contribution in [0, 0.1) is 17.0 Å². The average Bonchev–Trinajstić information content (AvgIpc) is 3.20. The first kappa shape index (κ1) is 20.0. The van der Waals surface area contributed by atoms with E-state index in [4.69, 9.17) is 4.74 Å². The van der Waals surface area contributed by atoms with Gasteiger partial charge in [-0.1, -0.05) is 29.8 Å². The number of hydrogen-bond donors (Lipinski definition) is 1. The molecule has 4 rings (SSSR count). The van der Waals surface area contributed by atoms with Crippen LogP contribution in [0.2, 0.25) is 0 Å². The summed E-state index contributed by atoms with van der Waals surface area (Å²) < 4.78 is 6.88. The quantitative estimate of drug-likeness (QED) is 0.370. The Labute approximate surface area is 177 Å². The molecule has 31 heavy (non-hydrogen) atoms. The van der Waals surface area contributed by atoms with Gasteiger partial charge in [-0.15, -0.1) is 0 Å². The van der Waals surface area contributed by atoms with E-state index in [0.29, 0.717) is 18.0 Å². The van der Waals surface area contributed by atoms with Crippen LogP contribution in [0.5, 0.6) is 5.75 Å². The molecule has 4 aromatic rings. The molecule has 2 heterocycles. The highest BCUT2D eigenvalue weighted by Gasteiger charge is 2.21. The molecule has 0 aliphatic carbocycles. The van der Waals surface area contributed by atoms with Crippen LogP contribution < -0.4 is 10.1 Å². The molecule has 0 unspecified atom stereocenters. The van der Waals surface area contributed by atoms with Gasteiger partial charge in [0.2, 0.25) is 0 Å². The Morgan fingerprint density at radius 1 is 1.19 bits per heavy atom. The number of rotatable bonds is 6. The third-order valence-corrected chi connectivity index (χ3v) is 4.72. The molecule has 9 heteroatoms. The minimum absolute atomic E-state index is 0.0625. The lowest BCUT2D eigenvalue weighted by molar-refractivity contribution is -0.384. The van der Waals surface area contributed by atoms with Crippen LogP contribution in [0.1, 0.15) is 22.8 Å². The van der Waals surface area contributed by atoms with Gasteiger partial charge in [0.1, 0.15) is 17.0 Å². The molecule has 0 fully saturated rings. The van der Waals surface area contributed by atoms with Gasteiger partial charge in [-0.2, -0.15) is 5.10 Å². The molecule has 0 saturated carbocycles. The summed E-state index contributed by atoms with van der Waals surface area (Å²) >= 11 is 0. The Kier molecular flexibility index (Phi) is 5.31. The Morgan fingerprint density at radius 3 is 2.68 bits per heavy atom. The standard InChI is InChI=1S/C22H19N5O4/c1-3-31-16-8-9-18(20(12-16)27(29)30)25-22(28)17-13-24-26-19(10-11-23-21(17)26)15-6-4-14(2)5-7-15/h4-13H,3H2,1-2H3,(H,25,28). The zero-order valence-electron chi connectivity index (χ0n) is 16.9. The highest BCUT2D eigenvalue weighted by molar-refractivity contribution is 6.09. The predicted octanol–water partition coefficient (Wildman–Crippen LogP) is 4.26. The molecule has 0 radical (unpaired) electrons. The first-order chi connectivity index (χ1) is 15.0. The summed E-state index contributed by atoms with van der Waals surface area (Å²) in [7, 11) is 0. The third-order valence-electron chi connectivity index (χ3n) is 4.72. The molecule has 2 aromatic carbocycles. The molecule has 0 aliphatic rings. The average molecular weight is 417 g/mol. The van der Waals surface area contributed by atoms with Crippen LogP contribution in [-0.4, -0.2) is 32.0 Å². The van der Waals surface area contributed by atoms with Crippen molar-refractivity contribution < 1.29 is 14.5 Å². The van der Waals surface area contributed by atoms with Crippen LogP contribution in [0.3, 0.4) is 0 Å². The van der Waals surface area contributed by atoms with Gasteiger partial charge in [-0.25, -0.2) is 9.50 Å². The van der Waals surface area contributed by atoms with E-state index in [1.165, 1.54) is 18.3 Å². The van der Waals surface area contributed by atoms with Crippen molar-refractivity contribution in [2.24, 2.45) is 0 Å². The molecular formula is C22H19N5O4. The number of aryl methyl sites for hydroxylation is 1. The first-order valence-electron chi connectivity index (χ1n) is 9.60. The molecule has 1 N–H and O–H groups in total.